The van der Waals surface area contributed by atoms with E-state index in [0.717, 1.165) is 0 Å². The predicted molar refractivity (Wildman–Crippen MR) is 55.0 cm³/mol. The highest BCUT2D eigenvalue weighted by Crippen LogP contribution is 1.87. The monoisotopic (exact) mass is 208 g/mol. The van der Waals surface area contributed by atoms with Crippen molar-refractivity contribution in [2.45, 2.75) is 6.04 Å². The Bertz CT molecular complexity index is 339. The maximum Gasteiger partial charge on any atom is 0.259 e. The van der Waals surface area contributed by atoms with Crippen molar-refractivity contribution in [3.05, 3.63) is 30.1 Å². The minimum Gasteiger partial charge on any atom is -0.394 e. The lowest BCUT2D eigenvalue weighted by Crippen LogP contribution is -2.40. The molecule has 0 bridgehead atoms. The standard InChI is InChI=1S/C9H12N4O2/c10-8(6-14)9(15)13-12-5-7-3-1-2-4-11-7/h1-5,8,14H,6,10H2,(H,13,15)/t8-/m0/s1. The summed E-state index contributed by atoms with van der Waals surface area (Å²) < 4.78 is 0. The number of carbonyl (C=O) groups is 1. The lowest BCUT2D eigenvalue weighted by molar-refractivity contribution is -0.123. The molecule has 0 aromatic carbocycles. The summed E-state index contributed by atoms with van der Waals surface area (Å²) in [6.45, 7) is -0.412. The van der Waals surface area contributed by atoms with Crippen LogP contribution in [0.5, 0.6) is 0 Å². The molecule has 0 unspecified atom stereocenters. The van der Waals surface area contributed by atoms with Crippen LogP contribution in [0.3, 0.4) is 0 Å². The first-order chi connectivity index (χ1) is 7.24. The minimum atomic E-state index is -0.953. The third-order valence-electron chi connectivity index (χ3n) is 1.59. The van der Waals surface area contributed by atoms with Gasteiger partial charge in [0.05, 0.1) is 18.5 Å². The summed E-state index contributed by atoms with van der Waals surface area (Å²) in [5.74, 6) is -0.537. The van der Waals surface area contributed by atoms with Crippen LogP contribution in [0.2, 0.25) is 0 Å². The van der Waals surface area contributed by atoms with E-state index in [2.05, 4.69) is 15.5 Å². The Hall–Kier alpha value is -1.79. The molecule has 80 valence electrons. The van der Waals surface area contributed by atoms with Crippen LogP contribution in [0.15, 0.2) is 29.5 Å². The molecule has 1 atom stereocenters. The Morgan fingerprint density at radius 2 is 2.53 bits per heavy atom. The molecule has 1 aromatic rings. The molecule has 6 heteroatoms. The van der Waals surface area contributed by atoms with Gasteiger partial charge in [0.25, 0.3) is 5.91 Å². The Morgan fingerprint density at radius 3 is 3.13 bits per heavy atom. The molecule has 0 aliphatic rings. The SMILES string of the molecule is N[C@@H](CO)C(=O)NN=Cc1ccccn1. The van der Waals surface area contributed by atoms with E-state index in [1.165, 1.54) is 6.21 Å². The van der Waals surface area contributed by atoms with Crippen molar-refractivity contribution < 1.29 is 9.90 Å². The number of pyridine rings is 1. The van der Waals surface area contributed by atoms with Crippen LogP contribution in [0.25, 0.3) is 0 Å². The van der Waals surface area contributed by atoms with Crippen LogP contribution in [0, 0.1) is 0 Å². The smallest absolute Gasteiger partial charge is 0.259 e. The topological polar surface area (TPSA) is 101 Å². The second kappa shape index (κ2) is 5.84. The maximum atomic E-state index is 11.0. The highest BCUT2D eigenvalue weighted by molar-refractivity contribution is 5.83. The molecule has 0 aliphatic carbocycles. The molecule has 1 heterocycles. The van der Waals surface area contributed by atoms with Gasteiger partial charge in [-0.25, -0.2) is 5.43 Å². The fraction of sp³-hybridized carbons (Fsp3) is 0.222. The summed E-state index contributed by atoms with van der Waals surface area (Å²) in [6, 6.07) is 4.36. The van der Waals surface area contributed by atoms with Crippen molar-refractivity contribution in [1.29, 1.82) is 0 Å². The van der Waals surface area contributed by atoms with Crippen molar-refractivity contribution in [3.8, 4) is 0 Å². The number of aliphatic hydroxyl groups is 1. The molecular weight excluding hydrogens is 196 g/mol. The average Bonchev–Trinajstić information content (AvgIpc) is 2.29. The molecule has 1 rings (SSSR count). The number of hydrogen-bond donors (Lipinski definition) is 3. The number of amides is 1. The summed E-state index contributed by atoms with van der Waals surface area (Å²) in [7, 11) is 0. The van der Waals surface area contributed by atoms with Gasteiger partial charge in [-0.05, 0) is 12.1 Å². The van der Waals surface area contributed by atoms with Gasteiger partial charge in [0.2, 0.25) is 0 Å². The van der Waals surface area contributed by atoms with Crippen LogP contribution in [-0.4, -0.2) is 34.9 Å². The fourth-order valence-electron chi connectivity index (χ4n) is 0.780. The summed E-state index contributed by atoms with van der Waals surface area (Å²) in [6.07, 6.45) is 3.00. The number of nitrogens with two attached hydrogens (primary N) is 1. The third-order valence-corrected chi connectivity index (χ3v) is 1.59. The molecule has 1 amide bonds. The maximum absolute atomic E-state index is 11.0. The van der Waals surface area contributed by atoms with E-state index in [-0.39, 0.29) is 0 Å². The van der Waals surface area contributed by atoms with Crippen molar-refractivity contribution in [3.63, 3.8) is 0 Å². The number of hydrazone groups is 1. The van der Waals surface area contributed by atoms with Crippen LogP contribution >= 0.6 is 0 Å². The molecule has 4 N–H and O–H groups in total. The third kappa shape index (κ3) is 3.84. The second-order valence-electron chi connectivity index (χ2n) is 2.78. The molecule has 0 saturated heterocycles. The molecule has 0 fully saturated rings. The number of nitrogens with zero attached hydrogens (tertiary/aromatic N) is 2. The lowest BCUT2D eigenvalue weighted by Gasteiger charge is -2.04. The van der Waals surface area contributed by atoms with Crippen molar-refractivity contribution in [1.82, 2.24) is 10.4 Å². The Kier molecular flexibility index (Phi) is 4.39. The lowest BCUT2D eigenvalue weighted by atomic mass is 10.3. The fourth-order valence-corrected chi connectivity index (χ4v) is 0.780. The Balaban J connectivity index is 2.44. The van der Waals surface area contributed by atoms with Crippen molar-refractivity contribution in [2.24, 2.45) is 10.8 Å². The summed E-state index contributed by atoms with van der Waals surface area (Å²) >= 11 is 0. The molecule has 0 radical (unpaired) electrons. The van der Waals surface area contributed by atoms with Gasteiger partial charge in [0.15, 0.2) is 0 Å². The van der Waals surface area contributed by atoms with E-state index in [1.807, 2.05) is 0 Å². The molecule has 6 nitrogen and oxygen atoms in total. The van der Waals surface area contributed by atoms with Gasteiger partial charge >= 0.3 is 0 Å². The average molecular weight is 208 g/mol. The van der Waals surface area contributed by atoms with E-state index in [4.69, 9.17) is 10.8 Å². The van der Waals surface area contributed by atoms with E-state index in [1.54, 1.807) is 24.4 Å². The van der Waals surface area contributed by atoms with Gasteiger partial charge in [-0.2, -0.15) is 5.10 Å². The number of aliphatic hydroxyl groups excluding tert-OH is 1. The second-order valence-corrected chi connectivity index (χ2v) is 2.78. The van der Waals surface area contributed by atoms with Gasteiger partial charge < -0.3 is 10.8 Å². The Labute approximate surface area is 86.8 Å². The zero-order valence-electron chi connectivity index (χ0n) is 8.00. The molecular formula is C9H12N4O2. The predicted octanol–water partition coefficient (Wildman–Crippen LogP) is -1.15. The first kappa shape index (κ1) is 11.3. The zero-order valence-corrected chi connectivity index (χ0v) is 8.00. The molecule has 0 aliphatic heterocycles. The van der Waals surface area contributed by atoms with E-state index in [0.29, 0.717) is 5.69 Å². The van der Waals surface area contributed by atoms with Crippen LogP contribution in [-0.2, 0) is 4.79 Å². The highest BCUT2D eigenvalue weighted by Gasteiger charge is 2.09. The molecule has 1 aromatic heterocycles. The number of hydrogen-bond acceptors (Lipinski definition) is 5. The van der Waals surface area contributed by atoms with E-state index >= 15 is 0 Å². The highest BCUT2D eigenvalue weighted by atomic mass is 16.3. The summed E-state index contributed by atoms with van der Waals surface area (Å²) in [5.41, 5.74) is 8.05. The largest absolute Gasteiger partial charge is 0.394 e. The van der Waals surface area contributed by atoms with Crippen molar-refractivity contribution >= 4 is 12.1 Å². The minimum absolute atomic E-state index is 0.412. The van der Waals surface area contributed by atoms with Gasteiger partial charge in [-0.3, -0.25) is 9.78 Å². The first-order valence-corrected chi connectivity index (χ1v) is 4.34. The summed E-state index contributed by atoms with van der Waals surface area (Å²) in [4.78, 5) is 15.0. The number of carbonyl (C=O) groups excluding carboxylic acids is 1. The van der Waals surface area contributed by atoms with Crippen molar-refractivity contribution in [2.75, 3.05) is 6.61 Å². The van der Waals surface area contributed by atoms with Gasteiger partial charge in [-0.15, -0.1) is 0 Å². The first-order valence-electron chi connectivity index (χ1n) is 4.34. The normalized spacial score (nSPS) is 12.7. The van der Waals surface area contributed by atoms with E-state index in [9.17, 15) is 4.79 Å². The van der Waals surface area contributed by atoms with Crippen LogP contribution < -0.4 is 11.2 Å². The molecule has 0 saturated carbocycles. The van der Waals surface area contributed by atoms with Crippen LogP contribution in [0.4, 0.5) is 0 Å². The quantitative estimate of drug-likeness (QED) is 0.429. The molecule has 15 heavy (non-hydrogen) atoms. The molecule has 0 spiro atoms. The van der Waals surface area contributed by atoms with Crippen LogP contribution in [0.1, 0.15) is 5.69 Å². The van der Waals surface area contributed by atoms with Gasteiger partial charge in [0.1, 0.15) is 6.04 Å². The van der Waals surface area contributed by atoms with Gasteiger partial charge in [-0.1, -0.05) is 6.07 Å². The Morgan fingerprint density at radius 1 is 1.73 bits per heavy atom. The number of rotatable bonds is 4. The number of aromatic nitrogens is 1. The number of nitrogens with one attached hydrogen (secondary N) is 1. The van der Waals surface area contributed by atoms with E-state index < -0.39 is 18.6 Å². The zero-order chi connectivity index (χ0) is 11.1. The summed E-state index contributed by atoms with van der Waals surface area (Å²) in [5, 5.41) is 12.2. The van der Waals surface area contributed by atoms with Gasteiger partial charge in [0, 0.05) is 6.20 Å².